The molecular formula is C25H18N4O4S. The van der Waals surface area contributed by atoms with Gasteiger partial charge in [0.05, 0.1) is 12.2 Å². The number of rotatable bonds is 6. The Morgan fingerprint density at radius 3 is 2.21 bits per heavy atom. The van der Waals surface area contributed by atoms with E-state index in [0.29, 0.717) is 22.1 Å². The fourth-order valence-electron chi connectivity index (χ4n) is 3.62. The summed E-state index contributed by atoms with van der Waals surface area (Å²) in [6.45, 7) is 0. The van der Waals surface area contributed by atoms with E-state index in [0.717, 1.165) is 22.4 Å². The number of hydrogen-bond donors (Lipinski definition) is 3. The molecule has 0 unspecified atom stereocenters. The summed E-state index contributed by atoms with van der Waals surface area (Å²) in [6.07, 6.45) is 0.269. The summed E-state index contributed by atoms with van der Waals surface area (Å²) in [7, 11) is 0. The van der Waals surface area contributed by atoms with Crippen LogP contribution in [0.5, 0.6) is 11.5 Å². The molecule has 5 rings (SSSR count). The smallest absolute Gasteiger partial charge is 0.228 e. The summed E-state index contributed by atoms with van der Waals surface area (Å²) < 4.78 is 0. The summed E-state index contributed by atoms with van der Waals surface area (Å²) in [6, 6.07) is 18.3. The molecule has 0 aliphatic carbocycles. The highest BCUT2D eigenvalue weighted by Gasteiger charge is 2.20. The van der Waals surface area contributed by atoms with E-state index >= 15 is 0 Å². The molecule has 2 heterocycles. The number of thioether (sulfide) groups is 1. The first-order chi connectivity index (χ1) is 16.5. The standard InChI is InChI=1S/C25H18N4O4S/c30-18-6-1-14(2-7-18)23-24(15-3-8-19(31)9-4-15)28-29-25(27-23)34-13-21(32)16-5-10-20-17(11-16)12-22(33)26-20/h1-11,30-31H,12-13H2,(H,26,33). The van der Waals surface area contributed by atoms with Crippen LogP contribution in [0.1, 0.15) is 15.9 Å². The average Bonchev–Trinajstić information content (AvgIpc) is 3.22. The minimum atomic E-state index is -0.107. The molecule has 0 bridgehead atoms. The topological polar surface area (TPSA) is 125 Å². The van der Waals surface area contributed by atoms with Crippen LogP contribution in [0.15, 0.2) is 71.9 Å². The average molecular weight is 471 g/mol. The number of nitrogens with zero attached hydrogens (tertiary/aromatic N) is 3. The van der Waals surface area contributed by atoms with Gasteiger partial charge in [-0.2, -0.15) is 0 Å². The van der Waals surface area contributed by atoms with Crippen molar-refractivity contribution in [3.8, 4) is 34.0 Å². The van der Waals surface area contributed by atoms with Crippen molar-refractivity contribution >= 4 is 29.1 Å². The largest absolute Gasteiger partial charge is 0.508 e. The molecular weight excluding hydrogens is 452 g/mol. The molecule has 3 N–H and O–H groups in total. The lowest BCUT2D eigenvalue weighted by molar-refractivity contribution is -0.115. The molecule has 9 heteroatoms. The van der Waals surface area contributed by atoms with Gasteiger partial charge in [-0.05, 0) is 72.3 Å². The van der Waals surface area contributed by atoms with Gasteiger partial charge in [0.2, 0.25) is 11.1 Å². The van der Waals surface area contributed by atoms with Crippen molar-refractivity contribution in [3.05, 3.63) is 77.9 Å². The van der Waals surface area contributed by atoms with Gasteiger partial charge in [0.15, 0.2) is 5.78 Å². The number of hydrogen-bond acceptors (Lipinski definition) is 8. The highest BCUT2D eigenvalue weighted by atomic mass is 32.2. The number of anilines is 1. The Kier molecular flexibility index (Phi) is 5.69. The maximum atomic E-state index is 12.8. The molecule has 0 spiro atoms. The van der Waals surface area contributed by atoms with E-state index in [1.165, 1.54) is 11.8 Å². The molecule has 168 valence electrons. The van der Waals surface area contributed by atoms with Crippen LogP contribution >= 0.6 is 11.8 Å². The lowest BCUT2D eigenvalue weighted by Gasteiger charge is -2.10. The van der Waals surface area contributed by atoms with E-state index in [1.54, 1.807) is 66.7 Å². The first-order valence-electron chi connectivity index (χ1n) is 10.4. The molecule has 0 saturated carbocycles. The first kappa shape index (κ1) is 21.6. The highest BCUT2D eigenvalue weighted by molar-refractivity contribution is 7.99. The summed E-state index contributed by atoms with van der Waals surface area (Å²) in [4.78, 5) is 29.0. The van der Waals surface area contributed by atoms with E-state index < -0.39 is 0 Å². The zero-order chi connectivity index (χ0) is 23.7. The van der Waals surface area contributed by atoms with Gasteiger partial charge in [-0.1, -0.05) is 11.8 Å². The normalized spacial score (nSPS) is 12.3. The molecule has 0 saturated heterocycles. The Hall–Kier alpha value is -4.24. The van der Waals surface area contributed by atoms with Crippen molar-refractivity contribution < 1.29 is 19.8 Å². The van der Waals surface area contributed by atoms with Gasteiger partial charge in [0.1, 0.15) is 22.9 Å². The van der Waals surface area contributed by atoms with E-state index in [-0.39, 0.29) is 35.4 Å². The number of ketones is 1. The molecule has 8 nitrogen and oxygen atoms in total. The van der Waals surface area contributed by atoms with Crippen molar-refractivity contribution in [2.24, 2.45) is 0 Å². The second kappa shape index (κ2) is 8.95. The van der Waals surface area contributed by atoms with E-state index in [9.17, 15) is 19.8 Å². The van der Waals surface area contributed by atoms with Crippen LogP contribution in [0.3, 0.4) is 0 Å². The second-order valence-electron chi connectivity index (χ2n) is 7.69. The third kappa shape index (κ3) is 4.46. The van der Waals surface area contributed by atoms with Gasteiger partial charge < -0.3 is 15.5 Å². The van der Waals surface area contributed by atoms with Crippen LogP contribution in [-0.4, -0.2) is 42.8 Å². The minimum Gasteiger partial charge on any atom is -0.508 e. The molecule has 4 aromatic rings. The number of benzene rings is 3. The first-order valence-corrected chi connectivity index (χ1v) is 11.4. The number of aromatic nitrogens is 3. The van der Waals surface area contributed by atoms with E-state index in [4.69, 9.17) is 0 Å². The molecule has 1 aromatic heterocycles. The number of carbonyl (C=O) groups is 2. The van der Waals surface area contributed by atoms with Crippen LogP contribution in [0.4, 0.5) is 5.69 Å². The van der Waals surface area contributed by atoms with Crippen LogP contribution in [-0.2, 0) is 11.2 Å². The Balaban J connectivity index is 1.41. The van der Waals surface area contributed by atoms with Crippen molar-refractivity contribution in [2.75, 3.05) is 11.1 Å². The molecule has 0 fully saturated rings. The molecule has 3 aromatic carbocycles. The predicted molar refractivity (Wildman–Crippen MR) is 128 cm³/mol. The van der Waals surface area contributed by atoms with Gasteiger partial charge in [-0.15, -0.1) is 10.2 Å². The zero-order valence-electron chi connectivity index (χ0n) is 17.7. The van der Waals surface area contributed by atoms with Gasteiger partial charge in [-0.25, -0.2) is 4.98 Å². The number of carbonyl (C=O) groups excluding carboxylic acids is 2. The Bertz CT molecular complexity index is 1410. The number of fused-ring (bicyclic) bond motifs is 1. The van der Waals surface area contributed by atoms with Crippen LogP contribution < -0.4 is 5.32 Å². The van der Waals surface area contributed by atoms with Crippen LogP contribution in [0.2, 0.25) is 0 Å². The van der Waals surface area contributed by atoms with Gasteiger partial charge in [0, 0.05) is 22.4 Å². The Morgan fingerprint density at radius 2 is 1.53 bits per heavy atom. The van der Waals surface area contributed by atoms with Crippen LogP contribution in [0, 0.1) is 0 Å². The quantitative estimate of drug-likeness (QED) is 0.284. The molecule has 34 heavy (non-hydrogen) atoms. The van der Waals surface area contributed by atoms with Gasteiger partial charge in [-0.3, -0.25) is 9.59 Å². The lowest BCUT2D eigenvalue weighted by atomic mass is 10.0. The monoisotopic (exact) mass is 470 g/mol. The maximum Gasteiger partial charge on any atom is 0.228 e. The van der Waals surface area contributed by atoms with Crippen LogP contribution in [0.25, 0.3) is 22.5 Å². The Morgan fingerprint density at radius 1 is 0.882 bits per heavy atom. The predicted octanol–water partition coefficient (Wildman–Crippen LogP) is 4.09. The number of Topliss-reactive ketones (excluding diaryl/α,β-unsaturated/α-hetero) is 1. The molecule has 0 atom stereocenters. The number of phenols is 2. The second-order valence-corrected chi connectivity index (χ2v) is 8.64. The molecule has 1 aliphatic heterocycles. The third-order valence-electron chi connectivity index (χ3n) is 5.33. The van der Waals surface area contributed by atoms with Gasteiger partial charge >= 0.3 is 0 Å². The highest BCUT2D eigenvalue weighted by Crippen LogP contribution is 2.32. The maximum absolute atomic E-state index is 12.8. The number of nitrogens with one attached hydrogen (secondary N) is 1. The minimum absolute atomic E-state index is 0.0797. The molecule has 1 aliphatic rings. The van der Waals surface area contributed by atoms with Crippen molar-refractivity contribution in [2.45, 2.75) is 11.6 Å². The van der Waals surface area contributed by atoms with Gasteiger partial charge in [0.25, 0.3) is 0 Å². The van der Waals surface area contributed by atoms with E-state index in [2.05, 4.69) is 20.5 Å². The summed E-state index contributed by atoms with van der Waals surface area (Å²) in [5.74, 6) is 0.181. The number of phenolic OH excluding ortho intramolecular Hbond substituents is 2. The Labute approximate surface area is 198 Å². The van der Waals surface area contributed by atoms with Crippen molar-refractivity contribution in [1.29, 1.82) is 0 Å². The van der Waals surface area contributed by atoms with Crippen molar-refractivity contribution in [1.82, 2.24) is 15.2 Å². The zero-order valence-corrected chi connectivity index (χ0v) is 18.5. The summed E-state index contributed by atoms with van der Waals surface area (Å²) in [5, 5.41) is 30.9. The summed E-state index contributed by atoms with van der Waals surface area (Å²) >= 11 is 1.17. The fourth-order valence-corrected chi connectivity index (χ4v) is 4.30. The molecule has 1 amide bonds. The molecule has 0 radical (unpaired) electrons. The lowest BCUT2D eigenvalue weighted by Crippen LogP contribution is -2.05. The van der Waals surface area contributed by atoms with Crippen molar-refractivity contribution in [3.63, 3.8) is 0 Å². The number of aromatic hydroxyl groups is 2. The summed E-state index contributed by atoms with van der Waals surface area (Å²) in [5.41, 5.74) is 4.57. The SMILES string of the molecule is O=C1Cc2cc(C(=O)CSc3nnc(-c4ccc(O)cc4)c(-c4ccc(O)cc4)n3)ccc2N1. The fraction of sp³-hybridized carbons (Fsp3) is 0.0800. The third-order valence-corrected chi connectivity index (χ3v) is 6.17. The number of amides is 1. The van der Waals surface area contributed by atoms with E-state index in [1.807, 2.05) is 0 Å².